The molecule has 0 saturated carbocycles. The number of halogens is 1. The van der Waals surface area contributed by atoms with Gasteiger partial charge in [0.05, 0.1) is 0 Å². The van der Waals surface area contributed by atoms with E-state index in [9.17, 15) is 4.79 Å². The lowest BCUT2D eigenvalue weighted by Gasteiger charge is -2.12. The van der Waals surface area contributed by atoms with E-state index in [1.54, 1.807) is 0 Å². The first-order valence-corrected chi connectivity index (χ1v) is 7.27. The van der Waals surface area contributed by atoms with Gasteiger partial charge in [-0.2, -0.15) is 0 Å². The van der Waals surface area contributed by atoms with Crippen molar-refractivity contribution in [2.24, 2.45) is 5.73 Å². The third kappa shape index (κ3) is 4.18. The average Bonchev–Trinajstić information content (AvgIpc) is 2.47. The molecule has 1 unspecified atom stereocenters. The lowest BCUT2D eigenvalue weighted by Crippen LogP contribution is -2.27. The third-order valence-corrected chi connectivity index (χ3v) is 3.84. The van der Waals surface area contributed by atoms with Crippen molar-refractivity contribution in [2.45, 2.75) is 19.0 Å². The second kappa shape index (κ2) is 7.22. The van der Waals surface area contributed by atoms with Crippen molar-refractivity contribution < 1.29 is 4.79 Å². The quantitative estimate of drug-likeness (QED) is 0.883. The van der Waals surface area contributed by atoms with E-state index in [1.165, 1.54) is 0 Å². The van der Waals surface area contributed by atoms with Crippen LogP contribution in [0.2, 0.25) is 0 Å². The Kier molecular flexibility index (Phi) is 5.32. The van der Waals surface area contributed by atoms with Gasteiger partial charge in [0.25, 0.3) is 0 Å². The van der Waals surface area contributed by atoms with Crippen LogP contribution in [0, 0.1) is 0 Å². The molecule has 2 rings (SSSR count). The molecule has 2 aromatic rings. The Morgan fingerprint density at radius 2 is 1.75 bits per heavy atom. The molecule has 0 bridgehead atoms. The standard InChI is InChI=1S/C16H17BrN2O/c17-14-9-5-4-8-13(14)11-19-16(20)10-15(18)12-6-2-1-3-7-12/h1-9,15H,10-11,18H2,(H,19,20). The summed E-state index contributed by atoms with van der Waals surface area (Å²) in [6, 6.07) is 17.2. The van der Waals surface area contributed by atoms with Crippen molar-refractivity contribution in [2.75, 3.05) is 0 Å². The molecule has 0 aliphatic carbocycles. The molecule has 104 valence electrons. The molecule has 3 N–H and O–H groups in total. The number of benzene rings is 2. The van der Waals surface area contributed by atoms with Crippen LogP contribution in [0.1, 0.15) is 23.6 Å². The number of hydrogen-bond acceptors (Lipinski definition) is 2. The minimum Gasteiger partial charge on any atom is -0.352 e. The Hall–Kier alpha value is -1.65. The van der Waals surface area contributed by atoms with E-state index in [1.807, 2.05) is 54.6 Å². The zero-order valence-electron chi connectivity index (χ0n) is 11.1. The zero-order chi connectivity index (χ0) is 14.4. The largest absolute Gasteiger partial charge is 0.352 e. The highest BCUT2D eigenvalue weighted by Gasteiger charge is 2.11. The van der Waals surface area contributed by atoms with Gasteiger partial charge >= 0.3 is 0 Å². The number of carbonyl (C=O) groups excluding carboxylic acids is 1. The molecule has 1 atom stereocenters. The molecule has 0 heterocycles. The maximum atomic E-state index is 11.9. The van der Waals surface area contributed by atoms with Crippen molar-refractivity contribution in [3.8, 4) is 0 Å². The van der Waals surface area contributed by atoms with E-state index >= 15 is 0 Å². The molecule has 0 radical (unpaired) electrons. The maximum absolute atomic E-state index is 11.9. The van der Waals surface area contributed by atoms with E-state index in [2.05, 4.69) is 21.2 Å². The van der Waals surface area contributed by atoms with Crippen LogP contribution in [0.5, 0.6) is 0 Å². The molecule has 0 fully saturated rings. The van der Waals surface area contributed by atoms with Crippen LogP contribution >= 0.6 is 15.9 Å². The smallest absolute Gasteiger partial charge is 0.222 e. The van der Waals surface area contributed by atoms with Crippen LogP contribution in [0.15, 0.2) is 59.1 Å². The van der Waals surface area contributed by atoms with Gasteiger partial charge in [0.1, 0.15) is 0 Å². The van der Waals surface area contributed by atoms with Gasteiger partial charge in [-0.25, -0.2) is 0 Å². The molecule has 1 amide bonds. The van der Waals surface area contributed by atoms with Gasteiger partial charge in [0.2, 0.25) is 5.91 Å². The van der Waals surface area contributed by atoms with Crippen LogP contribution in [0.4, 0.5) is 0 Å². The SMILES string of the molecule is NC(CC(=O)NCc1ccccc1Br)c1ccccc1. The molecular weight excluding hydrogens is 316 g/mol. The highest BCUT2D eigenvalue weighted by molar-refractivity contribution is 9.10. The summed E-state index contributed by atoms with van der Waals surface area (Å²) in [5, 5.41) is 2.89. The number of hydrogen-bond donors (Lipinski definition) is 2. The molecule has 0 spiro atoms. The summed E-state index contributed by atoms with van der Waals surface area (Å²) in [6.45, 7) is 0.502. The number of amides is 1. The van der Waals surface area contributed by atoms with Gasteiger partial charge < -0.3 is 11.1 Å². The second-order valence-electron chi connectivity index (χ2n) is 4.59. The zero-order valence-corrected chi connectivity index (χ0v) is 12.6. The summed E-state index contributed by atoms with van der Waals surface area (Å²) in [5.41, 5.74) is 8.05. The fourth-order valence-electron chi connectivity index (χ4n) is 1.93. The first kappa shape index (κ1) is 14.8. The molecule has 20 heavy (non-hydrogen) atoms. The Balaban J connectivity index is 1.86. The van der Waals surface area contributed by atoms with Gasteiger partial charge in [-0.3, -0.25) is 4.79 Å². The molecule has 3 nitrogen and oxygen atoms in total. The predicted molar refractivity (Wildman–Crippen MR) is 84.0 cm³/mol. The minimum absolute atomic E-state index is 0.0443. The van der Waals surface area contributed by atoms with Crippen LogP contribution in [-0.2, 0) is 11.3 Å². The van der Waals surface area contributed by atoms with Crippen LogP contribution < -0.4 is 11.1 Å². The lowest BCUT2D eigenvalue weighted by molar-refractivity contribution is -0.121. The number of nitrogens with two attached hydrogens (primary N) is 1. The Bertz CT molecular complexity index is 572. The molecule has 0 aliphatic heterocycles. The maximum Gasteiger partial charge on any atom is 0.222 e. The number of rotatable bonds is 5. The van der Waals surface area contributed by atoms with Crippen molar-refractivity contribution in [3.05, 3.63) is 70.2 Å². The van der Waals surface area contributed by atoms with E-state index < -0.39 is 0 Å². The average molecular weight is 333 g/mol. The van der Waals surface area contributed by atoms with Crippen LogP contribution in [-0.4, -0.2) is 5.91 Å². The highest BCUT2D eigenvalue weighted by Crippen LogP contribution is 2.16. The lowest BCUT2D eigenvalue weighted by atomic mass is 10.0. The second-order valence-corrected chi connectivity index (χ2v) is 5.44. The third-order valence-electron chi connectivity index (χ3n) is 3.07. The summed E-state index contributed by atoms with van der Waals surface area (Å²) in [5.74, 6) is -0.0443. The van der Waals surface area contributed by atoms with Crippen molar-refractivity contribution in [3.63, 3.8) is 0 Å². The molecular formula is C16H17BrN2O. The molecule has 2 aromatic carbocycles. The molecule has 0 saturated heterocycles. The van der Waals surface area contributed by atoms with Gasteiger partial charge in [-0.15, -0.1) is 0 Å². The minimum atomic E-state index is -0.268. The van der Waals surface area contributed by atoms with Gasteiger partial charge in [0, 0.05) is 23.5 Å². The number of nitrogens with one attached hydrogen (secondary N) is 1. The van der Waals surface area contributed by atoms with Gasteiger partial charge in [-0.05, 0) is 17.2 Å². The van der Waals surface area contributed by atoms with E-state index in [4.69, 9.17) is 5.73 Å². The Morgan fingerprint density at radius 3 is 2.45 bits per heavy atom. The summed E-state index contributed by atoms with van der Waals surface area (Å²) in [7, 11) is 0. The highest BCUT2D eigenvalue weighted by atomic mass is 79.9. The van der Waals surface area contributed by atoms with E-state index in [-0.39, 0.29) is 18.4 Å². The molecule has 4 heteroatoms. The Morgan fingerprint density at radius 1 is 1.10 bits per heavy atom. The van der Waals surface area contributed by atoms with E-state index in [0.29, 0.717) is 6.54 Å². The summed E-state index contributed by atoms with van der Waals surface area (Å²) in [6.07, 6.45) is 0.286. The normalized spacial score (nSPS) is 11.9. The van der Waals surface area contributed by atoms with Crippen LogP contribution in [0.3, 0.4) is 0 Å². The topological polar surface area (TPSA) is 55.1 Å². The van der Waals surface area contributed by atoms with E-state index in [0.717, 1.165) is 15.6 Å². The molecule has 0 aliphatic rings. The number of carbonyl (C=O) groups is 1. The van der Waals surface area contributed by atoms with Gasteiger partial charge in [-0.1, -0.05) is 64.5 Å². The summed E-state index contributed by atoms with van der Waals surface area (Å²) in [4.78, 5) is 11.9. The first-order chi connectivity index (χ1) is 9.66. The fraction of sp³-hybridized carbons (Fsp3) is 0.188. The molecule has 0 aromatic heterocycles. The fourth-order valence-corrected chi connectivity index (χ4v) is 2.35. The monoisotopic (exact) mass is 332 g/mol. The first-order valence-electron chi connectivity index (χ1n) is 6.47. The van der Waals surface area contributed by atoms with Crippen molar-refractivity contribution in [1.82, 2.24) is 5.32 Å². The summed E-state index contributed by atoms with van der Waals surface area (Å²) >= 11 is 3.46. The summed E-state index contributed by atoms with van der Waals surface area (Å²) < 4.78 is 0.993. The Labute approximate surface area is 127 Å². The van der Waals surface area contributed by atoms with Crippen molar-refractivity contribution >= 4 is 21.8 Å². The van der Waals surface area contributed by atoms with Crippen LogP contribution in [0.25, 0.3) is 0 Å². The van der Waals surface area contributed by atoms with Crippen molar-refractivity contribution in [1.29, 1.82) is 0 Å². The predicted octanol–water partition coefficient (Wildman–Crippen LogP) is 3.16. The van der Waals surface area contributed by atoms with Gasteiger partial charge in [0.15, 0.2) is 0 Å².